The molecule has 0 aliphatic carbocycles. The fourth-order valence-corrected chi connectivity index (χ4v) is 4.29. The van der Waals surface area contributed by atoms with E-state index in [1.54, 1.807) is 49.0 Å². The van der Waals surface area contributed by atoms with E-state index in [4.69, 9.17) is 9.47 Å². The van der Waals surface area contributed by atoms with Gasteiger partial charge in [0.1, 0.15) is 5.00 Å². The van der Waals surface area contributed by atoms with E-state index in [1.807, 2.05) is 13.0 Å². The van der Waals surface area contributed by atoms with Gasteiger partial charge in [-0.1, -0.05) is 0 Å². The zero-order valence-corrected chi connectivity index (χ0v) is 19.9. The van der Waals surface area contributed by atoms with E-state index in [2.05, 4.69) is 15.7 Å². The van der Waals surface area contributed by atoms with Crippen molar-refractivity contribution in [3.63, 3.8) is 0 Å². The number of nitrogens with zero attached hydrogens (tertiary/aromatic N) is 2. The van der Waals surface area contributed by atoms with Gasteiger partial charge in [-0.2, -0.15) is 5.10 Å². The maximum absolute atomic E-state index is 12.4. The highest BCUT2D eigenvalue weighted by molar-refractivity contribution is 7.18. The number of ether oxygens (including phenoxy) is 2. The first-order chi connectivity index (χ1) is 16.3. The largest absolute Gasteiger partial charge is 0.462 e. The Bertz CT molecular complexity index is 1230. The van der Waals surface area contributed by atoms with Crippen LogP contribution in [0.1, 0.15) is 48.6 Å². The summed E-state index contributed by atoms with van der Waals surface area (Å²) >= 11 is 0.940. The van der Waals surface area contributed by atoms with Crippen molar-refractivity contribution in [3.05, 3.63) is 63.8 Å². The highest BCUT2D eigenvalue weighted by Gasteiger charge is 2.26. The monoisotopic (exact) mass is 484 g/mol. The number of hydrogen-bond acceptors (Lipinski definition) is 8. The van der Waals surface area contributed by atoms with Gasteiger partial charge in [-0.3, -0.25) is 9.59 Å². The molecule has 0 fully saturated rings. The minimum Gasteiger partial charge on any atom is -0.462 e. The summed E-state index contributed by atoms with van der Waals surface area (Å²) in [6, 6.07) is 8.45. The summed E-state index contributed by atoms with van der Waals surface area (Å²) in [7, 11) is 1.46. The third-order valence-electron chi connectivity index (χ3n) is 4.83. The number of benzene rings is 1. The molecule has 3 aromatic rings. The lowest BCUT2D eigenvalue weighted by Gasteiger charge is -2.09. The molecule has 0 unspecified atom stereocenters. The first-order valence-corrected chi connectivity index (χ1v) is 11.2. The van der Waals surface area contributed by atoms with Crippen molar-refractivity contribution >= 4 is 40.1 Å². The zero-order chi connectivity index (χ0) is 24.8. The van der Waals surface area contributed by atoms with E-state index in [0.29, 0.717) is 5.56 Å². The number of aromatic nitrogens is 2. The summed E-state index contributed by atoms with van der Waals surface area (Å²) in [4.78, 5) is 49.6. The topological polar surface area (TPSA) is 129 Å². The Morgan fingerprint density at radius 1 is 1.03 bits per heavy atom. The molecule has 0 aliphatic rings. The van der Waals surface area contributed by atoms with Gasteiger partial charge >= 0.3 is 11.9 Å². The highest BCUT2D eigenvalue weighted by Crippen LogP contribution is 2.33. The van der Waals surface area contributed by atoms with Gasteiger partial charge < -0.3 is 20.1 Å². The van der Waals surface area contributed by atoms with Crippen molar-refractivity contribution in [1.29, 1.82) is 0 Å². The van der Waals surface area contributed by atoms with E-state index < -0.39 is 30.4 Å². The summed E-state index contributed by atoms with van der Waals surface area (Å²) in [5.74, 6) is -2.40. The van der Waals surface area contributed by atoms with Crippen LogP contribution in [0.25, 0.3) is 5.69 Å². The number of carbonyl (C=O) groups is 4. The Hall–Kier alpha value is -3.99. The van der Waals surface area contributed by atoms with Crippen LogP contribution >= 0.6 is 11.3 Å². The van der Waals surface area contributed by atoms with Crippen LogP contribution in [0, 0.1) is 13.8 Å². The number of esters is 2. The van der Waals surface area contributed by atoms with Crippen LogP contribution in [0.2, 0.25) is 0 Å². The number of nitrogens with one attached hydrogen (secondary N) is 2. The van der Waals surface area contributed by atoms with E-state index in [-0.39, 0.29) is 27.6 Å². The van der Waals surface area contributed by atoms with Gasteiger partial charge in [-0.25, -0.2) is 14.3 Å². The van der Waals surface area contributed by atoms with Gasteiger partial charge in [0.15, 0.2) is 6.61 Å². The van der Waals surface area contributed by atoms with Crippen molar-refractivity contribution in [3.8, 4) is 5.69 Å². The summed E-state index contributed by atoms with van der Waals surface area (Å²) < 4.78 is 11.9. The quantitative estimate of drug-likeness (QED) is 0.471. The minimum absolute atomic E-state index is 0.0923. The lowest BCUT2D eigenvalue weighted by Crippen LogP contribution is -2.21. The molecule has 0 atom stereocenters. The predicted molar refractivity (Wildman–Crippen MR) is 126 cm³/mol. The van der Waals surface area contributed by atoms with Gasteiger partial charge in [0, 0.05) is 18.9 Å². The molecule has 2 amide bonds. The molecule has 0 saturated heterocycles. The normalized spacial score (nSPS) is 10.5. The number of rotatable bonds is 8. The number of carbonyl (C=O) groups excluding carboxylic acids is 4. The van der Waals surface area contributed by atoms with Crippen LogP contribution in [0.4, 0.5) is 5.00 Å². The Morgan fingerprint density at radius 3 is 2.32 bits per heavy atom. The second kappa shape index (κ2) is 10.8. The van der Waals surface area contributed by atoms with Gasteiger partial charge in [0.2, 0.25) is 0 Å². The zero-order valence-electron chi connectivity index (χ0n) is 19.1. The van der Waals surface area contributed by atoms with E-state index >= 15 is 0 Å². The smallest absolute Gasteiger partial charge is 0.341 e. The van der Waals surface area contributed by atoms with E-state index in [0.717, 1.165) is 22.7 Å². The first kappa shape index (κ1) is 24.6. The van der Waals surface area contributed by atoms with Crippen LogP contribution in [0.3, 0.4) is 0 Å². The molecule has 2 heterocycles. The van der Waals surface area contributed by atoms with Crippen molar-refractivity contribution in [1.82, 2.24) is 15.1 Å². The standard InChI is InChI=1S/C23H24N4O6S/c1-5-32-23(31)18-14(3)19(20(29)24-4)34-21(18)26-17(28)12-33-22(30)15-6-8-16(9-7-15)27-13(2)10-11-25-27/h6-11H,5,12H2,1-4H3,(H,24,29)(H,26,28). The Labute approximate surface area is 199 Å². The van der Waals surface area contributed by atoms with E-state index in [9.17, 15) is 19.2 Å². The molecule has 178 valence electrons. The molecule has 11 heteroatoms. The lowest BCUT2D eigenvalue weighted by atomic mass is 10.1. The predicted octanol–water partition coefficient (Wildman–Crippen LogP) is 2.88. The van der Waals surface area contributed by atoms with Crippen molar-refractivity contribution in [2.24, 2.45) is 0 Å². The number of amides is 2. The Kier molecular flexibility index (Phi) is 7.79. The Balaban J connectivity index is 1.67. The number of anilines is 1. The second-order valence-corrected chi connectivity index (χ2v) is 8.14. The molecule has 3 rings (SSSR count). The molecule has 10 nitrogen and oxygen atoms in total. The molecule has 34 heavy (non-hydrogen) atoms. The molecular weight excluding hydrogens is 460 g/mol. The molecular formula is C23H24N4O6S. The van der Waals surface area contributed by atoms with E-state index in [1.165, 1.54) is 7.05 Å². The minimum atomic E-state index is -0.682. The van der Waals surface area contributed by atoms with Crippen molar-refractivity contribution < 1.29 is 28.7 Å². The summed E-state index contributed by atoms with van der Waals surface area (Å²) in [5, 5.41) is 9.39. The number of thiophene rings is 1. The third kappa shape index (κ3) is 5.31. The van der Waals surface area contributed by atoms with Crippen molar-refractivity contribution in [2.45, 2.75) is 20.8 Å². The van der Waals surface area contributed by atoms with Gasteiger partial charge in [-0.15, -0.1) is 11.3 Å². The molecule has 0 radical (unpaired) electrons. The van der Waals surface area contributed by atoms with Crippen LogP contribution in [-0.4, -0.2) is 53.8 Å². The highest BCUT2D eigenvalue weighted by atomic mass is 32.1. The first-order valence-electron chi connectivity index (χ1n) is 10.4. The summed E-state index contributed by atoms with van der Waals surface area (Å²) in [5.41, 5.74) is 2.47. The summed E-state index contributed by atoms with van der Waals surface area (Å²) in [6.07, 6.45) is 1.68. The van der Waals surface area contributed by atoms with Gasteiger partial charge in [0.25, 0.3) is 11.8 Å². The number of aryl methyl sites for hydroxylation is 1. The molecule has 2 aromatic heterocycles. The Morgan fingerprint density at radius 2 is 1.74 bits per heavy atom. The number of hydrogen-bond donors (Lipinski definition) is 2. The fourth-order valence-electron chi connectivity index (χ4n) is 3.14. The van der Waals surface area contributed by atoms with Crippen LogP contribution < -0.4 is 10.6 Å². The van der Waals surface area contributed by atoms with Crippen LogP contribution in [-0.2, 0) is 14.3 Å². The average Bonchev–Trinajstić information content (AvgIpc) is 3.39. The third-order valence-corrected chi connectivity index (χ3v) is 6.03. The average molecular weight is 485 g/mol. The molecule has 0 bridgehead atoms. The van der Waals surface area contributed by atoms with Crippen LogP contribution in [0.5, 0.6) is 0 Å². The van der Waals surface area contributed by atoms with Crippen LogP contribution in [0.15, 0.2) is 36.5 Å². The molecule has 2 N–H and O–H groups in total. The molecule has 0 saturated carbocycles. The maximum atomic E-state index is 12.4. The fraction of sp³-hybridized carbons (Fsp3) is 0.261. The molecule has 0 aliphatic heterocycles. The summed E-state index contributed by atoms with van der Waals surface area (Å²) in [6.45, 7) is 4.71. The lowest BCUT2D eigenvalue weighted by molar-refractivity contribution is -0.119. The SMILES string of the molecule is CCOC(=O)c1c(NC(=O)COC(=O)c2ccc(-n3nccc3C)cc2)sc(C(=O)NC)c1C. The van der Waals surface area contributed by atoms with Gasteiger partial charge in [-0.05, 0) is 56.7 Å². The van der Waals surface area contributed by atoms with Crippen molar-refractivity contribution in [2.75, 3.05) is 25.6 Å². The maximum Gasteiger partial charge on any atom is 0.341 e. The molecule has 0 spiro atoms. The molecule has 1 aromatic carbocycles. The second-order valence-electron chi connectivity index (χ2n) is 7.12. The van der Waals surface area contributed by atoms with Gasteiger partial charge in [0.05, 0.1) is 28.3 Å².